The van der Waals surface area contributed by atoms with Crippen LogP contribution in [0.1, 0.15) is 34.6 Å². The maximum atomic E-state index is 10.1. The van der Waals surface area contributed by atoms with E-state index in [9.17, 15) is 33.6 Å². The summed E-state index contributed by atoms with van der Waals surface area (Å²) in [7, 11) is 16.1. The maximum Gasteiger partial charge on any atom is 0.406 e. The third-order valence-corrected chi connectivity index (χ3v) is 2.65. The fourth-order valence-electron chi connectivity index (χ4n) is 0.595. The fraction of sp³-hybridized carbons (Fsp3) is 0.731. The second kappa shape index (κ2) is 59.4. The molecule has 19 heteroatoms. The van der Waals surface area contributed by atoms with Crippen molar-refractivity contribution in [3.63, 3.8) is 0 Å². The van der Waals surface area contributed by atoms with E-state index in [1.807, 2.05) is 0 Å². The Balaban J connectivity index is -0.0000000586. The van der Waals surface area contributed by atoms with Crippen LogP contribution >= 0.6 is 0 Å². The van der Waals surface area contributed by atoms with Crippen LogP contribution in [0.5, 0.6) is 0 Å². The molecule has 45 heavy (non-hydrogen) atoms. The molecule has 0 saturated heterocycles. The Hall–Kier alpha value is -4.07. The molecule has 0 atom stereocenters. The van der Waals surface area contributed by atoms with E-state index in [4.69, 9.17) is 0 Å². The van der Waals surface area contributed by atoms with Gasteiger partial charge < -0.3 is 58.6 Å². The lowest BCUT2D eigenvalue weighted by molar-refractivity contribution is -0.151. The molecule has 0 fully saturated rings. The zero-order valence-corrected chi connectivity index (χ0v) is 29.7. The predicted octanol–water partition coefficient (Wildman–Crippen LogP) is 0.0313. The zero-order chi connectivity index (χ0) is 37.6. The second-order valence-electron chi connectivity index (χ2n) is 6.56. The molecule has 272 valence electrons. The lowest BCUT2D eigenvalue weighted by Crippen LogP contribution is -2.21. The number of hydrogen-bond acceptors (Lipinski definition) is 16. The van der Waals surface area contributed by atoms with Crippen molar-refractivity contribution >= 4 is 41.8 Å². The van der Waals surface area contributed by atoms with Crippen molar-refractivity contribution in [1.29, 1.82) is 0 Å². The number of rotatable bonds is 6. The standard InChI is InChI=1S/C4H9NO2.2C4H8O3.C3H7NO2.C3H7NO.2C3H6O2.C2H6O/c1-4(6)5-3-7-2;1-6-3-4(5)7-2;1-4(5)7-3-6-2;1-4-3(5)6-2;1-3(5)4-2;2*1-3(4)5-2;1-3-2/h3H2,1-2H3,(H,5,6);2*3H2,1-2H3;1-2H3,(H,4,5);1-2H3,(H,4,5);2*1-2H3;1-2H3. The van der Waals surface area contributed by atoms with E-state index in [2.05, 4.69) is 58.6 Å². The molecule has 0 aromatic carbocycles. The average molecular weight is 668 g/mol. The number of alkyl carbamates (subject to hydrolysis) is 1. The molecule has 0 aliphatic carbocycles. The van der Waals surface area contributed by atoms with Gasteiger partial charge in [0.15, 0.2) is 6.79 Å². The highest BCUT2D eigenvalue weighted by atomic mass is 16.7. The molecule has 0 aromatic heterocycles. The third kappa shape index (κ3) is 160. The number of methoxy groups -OCH3 is 8. The minimum absolute atomic E-state index is 0.00463. The summed E-state index contributed by atoms with van der Waals surface area (Å²) in [5.41, 5.74) is 0. The number of esters is 4. The molecule has 0 heterocycles. The van der Waals surface area contributed by atoms with E-state index in [0.717, 1.165) is 0 Å². The van der Waals surface area contributed by atoms with Crippen LogP contribution in [0.2, 0.25) is 0 Å². The highest BCUT2D eigenvalue weighted by molar-refractivity contribution is 5.72. The molecule has 0 rings (SSSR count). The van der Waals surface area contributed by atoms with Crippen molar-refractivity contribution in [2.45, 2.75) is 34.6 Å². The molecule has 0 aromatic rings. The van der Waals surface area contributed by atoms with E-state index >= 15 is 0 Å². The van der Waals surface area contributed by atoms with Gasteiger partial charge in [-0.3, -0.25) is 24.0 Å². The first kappa shape index (κ1) is 60.2. The van der Waals surface area contributed by atoms with Crippen LogP contribution in [0.25, 0.3) is 0 Å². The van der Waals surface area contributed by atoms with Crippen LogP contribution < -0.4 is 16.0 Å². The van der Waals surface area contributed by atoms with Crippen LogP contribution in [-0.4, -0.2) is 140 Å². The average Bonchev–Trinajstić information content (AvgIpc) is 3.00. The molecule has 0 unspecified atom stereocenters. The highest BCUT2D eigenvalue weighted by Crippen LogP contribution is 1.73. The summed E-state index contributed by atoms with van der Waals surface area (Å²) in [5, 5.41) is 7.08. The molecule has 3 N–H and O–H groups in total. The number of amides is 3. The van der Waals surface area contributed by atoms with Gasteiger partial charge in [-0.25, -0.2) is 9.59 Å². The van der Waals surface area contributed by atoms with Gasteiger partial charge in [-0.2, -0.15) is 0 Å². The topological polar surface area (TPSA) is 239 Å². The molecule has 0 aliphatic heterocycles. The third-order valence-electron chi connectivity index (χ3n) is 2.65. The first-order valence-corrected chi connectivity index (χ1v) is 12.2. The van der Waals surface area contributed by atoms with Gasteiger partial charge in [0, 0.05) is 84.3 Å². The Labute approximate surface area is 267 Å². The quantitative estimate of drug-likeness (QED) is 0.192. The molecular weight excluding hydrogens is 610 g/mol. The van der Waals surface area contributed by atoms with Crippen molar-refractivity contribution < 1.29 is 76.2 Å². The fourth-order valence-corrected chi connectivity index (χ4v) is 0.595. The van der Waals surface area contributed by atoms with Crippen molar-refractivity contribution in [1.82, 2.24) is 16.0 Å². The summed E-state index contributed by atoms with van der Waals surface area (Å²) in [6.07, 6.45) is -0.407. The monoisotopic (exact) mass is 667 g/mol. The molecular formula is C26H57N3O16. The van der Waals surface area contributed by atoms with E-state index in [1.54, 1.807) is 21.3 Å². The Kier molecular flexibility index (Phi) is 79.4. The Morgan fingerprint density at radius 1 is 0.511 bits per heavy atom. The van der Waals surface area contributed by atoms with Crippen LogP contribution in [-0.2, 0) is 71.4 Å². The van der Waals surface area contributed by atoms with Crippen molar-refractivity contribution in [2.24, 2.45) is 0 Å². The molecule has 0 saturated carbocycles. The minimum atomic E-state index is -0.407. The van der Waals surface area contributed by atoms with Gasteiger partial charge in [-0.1, -0.05) is 0 Å². The van der Waals surface area contributed by atoms with Gasteiger partial charge in [-0.15, -0.1) is 0 Å². The molecule has 19 nitrogen and oxygen atoms in total. The summed E-state index contributed by atoms with van der Waals surface area (Å²) in [4.78, 5) is 68.7. The van der Waals surface area contributed by atoms with Crippen LogP contribution in [0.3, 0.4) is 0 Å². The highest BCUT2D eigenvalue weighted by Gasteiger charge is 1.93. The Morgan fingerprint density at radius 2 is 0.889 bits per heavy atom. The second-order valence-corrected chi connectivity index (χ2v) is 6.56. The van der Waals surface area contributed by atoms with Crippen molar-refractivity contribution in [2.75, 3.05) is 98.2 Å². The summed E-state index contributed by atoms with van der Waals surface area (Å²) >= 11 is 0. The number of ether oxygens (including phenoxy) is 9. The molecule has 3 amide bonds. The van der Waals surface area contributed by atoms with Crippen molar-refractivity contribution in [3.05, 3.63) is 0 Å². The normalized spacial score (nSPS) is 7.47. The molecule has 0 spiro atoms. The van der Waals surface area contributed by atoms with Gasteiger partial charge in [0.1, 0.15) is 13.3 Å². The number of carbonyl (C=O) groups is 7. The Bertz CT molecular complexity index is 636. The van der Waals surface area contributed by atoms with E-state index < -0.39 is 6.09 Å². The SMILES string of the molecule is CNC(=O)OC.CNC(C)=O.COC.COC(C)=O.COC(C)=O.COCC(=O)OC.COCNC(C)=O.COCOC(C)=O. The molecule has 0 bridgehead atoms. The largest absolute Gasteiger partial charge is 0.469 e. The maximum absolute atomic E-state index is 10.1. The number of nitrogens with one attached hydrogen (secondary N) is 3. The van der Waals surface area contributed by atoms with Gasteiger partial charge in [0.05, 0.1) is 28.4 Å². The minimum Gasteiger partial charge on any atom is -0.469 e. The first-order chi connectivity index (χ1) is 20.9. The first-order valence-electron chi connectivity index (χ1n) is 12.2. The predicted molar refractivity (Wildman–Crippen MR) is 163 cm³/mol. The summed E-state index contributed by atoms with van der Waals surface area (Å²) in [5.74, 6) is -1.22. The summed E-state index contributed by atoms with van der Waals surface area (Å²) in [6.45, 7) is 7.36. The lowest BCUT2D eigenvalue weighted by atomic mass is 10.7. The van der Waals surface area contributed by atoms with Gasteiger partial charge in [0.2, 0.25) is 11.8 Å². The molecule has 0 aliphatic rings. The number of carbonyl (C=O) groups excluding carboxylic acids is 7. The van der Waals surface area contributed by atoms with Crippen LogP contribution in [0.15, 0.2) is 0 Å². The van der Waals surface area contributed by atoms with E-state index in [0.29, 0.717) is 6.73 Å². The summed E-state index contributed by atoms with van der Waals surface area (Å²) in [6, 6.07) is 0. The zero-order valence-electron chi connectivity index (χ0n) is 29.7. The number of hydrogen-bond donors (Lipinski definition) is 3. The van der Waals surface area contributed by atoms with Crippen LogP contribution in [0, 0.1) is 0 Å². The van der Waals surface area contributed by atoms with Gasteiger partial charge in [-0.05, 0) is 0 Å². The van der Waals surface area contributed by atoms with Gasteiger partial charge in [0.25, 0.3) is 0 Å². The smallest absolute Gasteiger partial charge is 0.406 e. The van der Waals surface area contributed by atoms with Gasteiger partial charge >= 0.3 is 30.0 Å². The van der Waals surface area contributed by atoms with Crippen LogP contribution in [0.4, 0.5) is 4.79 Å². The van der Waals surface area contributed by atoms with Crippen molar-refractivity contribution in [3.8, 4) is 0 Å². The lowest BCUT2D eigenvalue weighted by Gasteiger charge is -1.95. The van der Waals surface area contributed by atoms with E-state index in [1.165, 1.54) is 91.4 Å². The molecule has 0 radical (unpaired) electrons. The Morgan fingerprint density at radius 3 is 0.956 bits per heavy atom. The summed E-state index contributed by atoms with van der Waals surface area (Å²) < 4.78 is 38.5. The van der Waals surface area contributed by atoms with E-state index in [-0.39, 0.29) is 49.1 Å².